The first kappa shape index (κ1) is 14.0. The van der Waals surface area contributed by atoms with Crippen LogP contribution >= 0.6 is 31.9 Å². The van der Waals surface area contributed by atoms with E-state index < -0.39 is 19.1 Å². The van der Waals surface area contributed by atoms with Gasteiger partial charge in [-0.1, -0.05) is 28.1 Å². The lowest BCUT2D eigenvalue weighted by atomic mass is 10.1. The zero-order chi connectivity index (χ0) is 13.2. The summed E-state index contributed by atoms with van der Waals surface area (Å²) in [7, 11) is 0. The molecule has 6 nitrogen and oxygen atoms in total. The van der Waals surface area contributed by atoms with Gasteiger partial charge in [-0.25, -0.2) is 0 Å². The molecule has 1 rings (SSSR count). The predicted molar refractivity (Wildman–Crippen MR) is 69.1 cm³/mol. The Labute approximate surface area is 114 Å². The average Bonchev–Trinajstić information content (AvgIpc) is 2.27. The van der Waals surface area contributed by atoms with Crippen LogP contribution in [0.15, 0.2) is 24.3 Å². The first-order chi connectivity index (χ1) is 7.76. The molecule has 0 radical (unpaired) electrons. The second-order valence-corrected chi connectivity index (χ2v) is 6.01. The number of alkyl halides is 2. The molecule has 0 aliphatic carbocycles. The molecule has 0 saturated carbocycles. The van der Waals surface area contributed by atoms with E-state index in [9.17, 15) is 20.2 Å². The Morgan fingerprint density at radius 1 is 1.24 bits per heavy atom. The van der Waals surface area contributed by atoms with Crippen molar-refractivity contribution in [2.75, 3.05) is 0 Å². The molecular formula is C9H8Br2N2O4. The molecule has 0 fully saturated rings. The van der Waals surface area contributed by atoms with Crippen molar-refractivity contribution in [1.82, 2.24) is 0 Å². The van der Waals surface area contributed by atoms with Gasteiger partial charge in [-0.2, -0.15) is 0 Å². The molecule has 0 aromatic heterocycles. The van der Waals surface area contributed by atoms with Crippen molar-refractivity contribution in [2.24, 2.45) is 0 Å². The number of non-ortho nitro benzene ring substituents is 1. The van der Waals surface area contributed by atoms with Crippen molar-refractivity contribution in [1.29, 1.82) is 0 Å². The zero-order valence-electron chi connectivity index (χ0n) is 8.67. The van der Waals surface area contributed by atoms with Crippen molar-refractivity contribution in [2.45, 2.75) is 16.2 Å². The van der Waals surface area contributed by atoms with Crippen LogP contribution in [-0.4, -0.2) is 14.3 Å². The summed E-state index contributed by atoms with van der Waals surface area (Å²) in [6.45, 7) is 1.41. The first-order valence-corrected chi connectivity index (χ1v) is 6.19. The molecule has 0 saturated heterocycles. The summed E-state index contributed by atoms with van der Waals surface area (Å²) >= 11 is 6.23. The molecule has 0 bridgehead atoms. The van der Waals surface area contributed by atoms with E-state index in [1.54, 1.807) is 0 Å². The minimum Gasteiger partial charge on any atom is -0.263 e. The van der Waals surface area contributed by atoms with Gasteiger partial charge in [-0.15, -0.1) is 0 Å². The maximum Gasteiger partial charge on any atom is 0.288 e. The Balaban J connectivity index is 3.02. The van der Waals surface area contributed by atoms with Crippen molar-refractivity contribution in [3.8, 4) is 0 Å². The lowest BCUT2D eigenvalue weighted by Crippen LogP contribution is -2.31. The molecule has 1 aromatic carbocycles. The van der Waals surface area contributed by atoms with Crippen LogP contribution in [0, 0.1) is 20.2 Å². The molecule has 0 heterocycles. The molecular weight excluding hydrogens is 360 g/mol. The summed E-state index contributed by atoms with van der Waals surface area (Å²) in [5, 5.41) is 21.3. The van der Waals surface area contributed by atoms with Gasteiger partial charge in [-0.3, -0.25) is 20.2 Å². The summed E-state index contributed by atoms with van der Waals surface area (Å²) in [4.78, 5) is 19.7. The smallest absolute Gasteiger partial charge is 0.263 e. The number of nitro groups is 2. The van der Waals surface area contributed by atoms with Crippen LogP contribution in [-0.2, 0) is 0 Å². The lowest BCUT2D eigenvalue weighted by molar-refractivity contribution is -0.530. The van der Waals surface area contributed by atoms with Crippen LogP contribution in [0.3, 0.4) is 0 Å². The van der Waals surface area contributed by atoms with Crippen LogP contribution in [0.25, 0.3) is 0 Å². The van der Waals surface area contributed by atoms with Gasteiger partial charge in [0.05, 0.1) is 4.92 Å². The Morgan fingerprint density at radius 2 is 1.71 bits per heavy atom. The molecule has 17 heavy (non-hydrogen) atoms. The van der Waals surface area contributed by atoms with Crippen molar-refractivity contribution in [3.05, 3.63) is 50.1 Å². The molecule has 2 unspecified atom stereocenters. The van der Waals surface area contributed by atoms with Crippen LogP contribution in [0.5, 0.6) is 0 Å². The van der Waals surface area contributed by atoms with Gasteiger partial charge in [0.15, 0.2) is 0 Å². The highest BCUT2D eigenvalue weighted by atomic mass is 79.9. The quantitative estimate of drug-likeness (QED) is 0.353. The van der Waals surface area contributed by atoms with Gasteiger partial charge >= 0.3 is 0 Å². The van der Waals surface area contributed by atoms with E-state index in [0.717, 1.165) is 0 Å². The number of nitrogens with zero attached hydrogens (tertiary/aromatic N) is 2. The monoisotopic (exact) mass is 366 g/mol. The normalized spacial score (nSPS) is 15.9. The minimum absolute atomic E-state index is 0.0502. The Morgan fingerprint density at radius 3 is 2.06 bits per heavy atom. The Bertz CT molecular complexity index is 447. The number of rotatable bonds is 4. The summed E-state index contributed by atoms with van der Waals surface area (Å²) < 4.78 is -1.37. The van der Waals surface area contributed by atoms with Crippen molar-refractivity contribution >= 4 is 37.5 Å². The van der Waals surface area contributed by atoms with Gasteiger partial charge in [-0.05, 0) is 5.56 Å². The van der Waals surface area contributed by atoms with Crippen molar-refractivity contribution in [3.63, 3.8) is 0 Å². The van der Waals surface area contributed by atoms with Crippen LogP contribution < -0.4 is 0 Å². The van der Waals surface area contributed by atoms with E-state index in [0.29, 0.717) is 5.56 Å². The molecule has 1 aromatic rings. The average molecular weight is 368 g/mol. The van der Waals surface area contributed by atoms with E-state index in [1.165, 1.54) is 31.2 Å². The molecule has 0 spiro atoms. The molecule has 0 N–H and O–H groups in total. The predicted octanol–water partition coefficient (Wildman–Crippen LogP) is 3.42. The number of hydrogen-bond acceptors (Lipinski definition) is 4. The van der Waals surface area contributed by atoms with Gasteiger partial charge in [0.1, 0.15) is 4.83 Å². The zero-order valence-corrected chi connectivity index (χ0v) is 11.8. The molecule has 0 aliphatic heterocycles. The number of nitro benzene ring substituents is 1. The molecule has 0 amide bonds. The standard InChI is InChI=1S/C9H8Br2N2O4/c1-9(11,13(16)17)8(10)6-2-4-7(5-3-6)12(14)15/h2-5,8H,1H3. The van der Waals surface area contributed by atoms with E-state index in [-0.39, 0.29) is 5.69 Å². The topological polar surface area (TPSA) is 86.3 Å². The second kappa shape index (κ2) is 5.09. The van der Waals surface area contributed by atoms with Crippen LogP contribution in [0.1, 0.15) is 17.3 Å². The number of halogens is 2. The van der Waals surface area contributed by atoms with Crippen molar-refractivity contribution < 1.29 is 9.85 Å². The largest absolute Gasteiger partial charge is 0.288 e. The second-order valence-electron chi connectivity index (χ2n) is 3.49. The van der Waals surface area contributed by atoms with E-state index >= 15 is 0 Å². The van der Waals surface area contributed by atoms with Gasteiger partial charge in [0.25, 0.3) is 10.1 Å². The van der Waals surface area contributed by atoms with Crippen LogP contribution in [0.4, 0.5) is 5.69 Å². The minimum atomic E-state index is -1.37. The summed E-state index contributed by atoms with van der Waals surface area (Å²) in [5.74, 6) is 0. The summed E-state index contributed by atoms with van der Waals surface area (Å²) in [6, 6.07) is 5.60. The third-order valence-electron chi connectivity index (χ3n) is 2.22. The fourth-order valence-electron chi connectivity index (χ4n) is 1.16. The Hall–Kier alpha value is -1.02. The maximum atomic E-state index is 10.8. The summed E-state index contributed by atoms with van der Waals surface area (Å²) in [5.41, 5.74) is 0.539. The van der Waals surface area contributed by atoms with Gasteiger partial charge in [0, 0.05) is 39.9 Å². The highest BCUT2D eigenvalue weighted by molar-refractivity contribution is 9.12. The maximum absolute atomic E-state index is 10.8. The van der Waals surface area contributed by atoms with Crippen LogP contribution in [0.2, 0.25) is 0 Å². The Kier molecular flexibility index (Phi) is 4.21. The highest BCUT2D eigenvalue weighted by Crippen LogP contribution is 2.40. The molecule has 0 aliphatic rings. The SMILES string of the molecule is CC(Br)(C(Br)c1ccc([N+](=O)[O-])cc1)[N+](=O)[O-]. The van der Waals surface area contributed by atoms with Gasteiger partial charge < -0.3 is 0 Å². The highest BCUT2D eigenvalue weighted by Gasteiger charge is 2.42. The number of hydrogen-bond donors (Lipinski definition) is 0. The molecule has 92 valence electrons. The third-order valence-corrected chi connectivity index (χ3v) is 5.00. The van der Waals surface area contributed by atoms with E-state index in [4.69, 9.17) is 0 Å². The van der Waals surface area contributed by atoms with Gasteiger partial charge in [0.2, 0.25) is 0 Å². The molecule has 8 heteroatoms. The summed E-state index contributed by atoms with van der Waals surface area (Å²) in [6.07, 6.45) is 0. The third kappa shape index (κ3) is 3.01. The fourth-order valence-corrected chi connectivity index (χ4v) is 1.90. The lowest BCUT2D eigenvalue weighted by Gasteiger charge is -2.19. The first-order valence-electron chi connectivity index (χ1n) is 4.48. The fraction of sp³-hybridized carbons (Fsp3) is 0.333. The number of benzene rings is 1. The van der Waals surface area contributed by atoms with E-state index in [2.05, 4.69) is 31.9 Å². The van der Waals surface area contributed by atoms with E-state index in [1.807, 2.05) is 0 Å². The molecule has 2 atom stereocenters.